The number of ketones is 1. The van der Waals surface area contributed by atoms with Crippen molar-refractivity contribution in [2.24, 2.45) is 0 Å². The van der Waals surface area contributed by atoms with Gasteiger partial charge in [-0.3, -0.25) is 9.78 Å². The van der Waals surface area contributed by atoms with Gasteiger partial charge in [-0.2, -0.15) is 4.31 Å². The Bertz CT molecular complexity index is 803. The Morgan fingerprint density at radius 3 is 2.55 bits per heavy atom. The molecule has 22 heavy (non-hydrogen) atoms. The fraction of sp³-hybridized carbons (Fsp3) is 0.250. The van der Waals surface area contributed by atoms with Crippen molar-refractivity contribution in [1.29, 1.82) is 0 Å². The van der Waals surface area contributed by atoms with Gasteiger partial charge in [0, 0.05) is 25.4 Å². The highest BCUT2D eigenvalue weighted by atomic mass is 32.2. The molecule has 0 saturated carbocycles. The topological polar surface area (TPSA) is 67.3 Å². The number of carbonyl (C=O) groups excluding carboxylic acids is 1. The Hall–Kier alpha value is -2.05. The quantitative estimate of drug-likeness (QED) is 0.868. The molecule has 2 aromatic rings. The number of sulfonamides is 1. The van der Waals surface area contributed by atoms with Crippen molar-refractivity contribution >= 4 is 15.8 Å². The summed E-state index contributed by atoms with van der Waals surface area (Å²) in [5.74, 6) is -0.0309. The standard InChI is InChI=1S/C16H16N2O3S/c1-12(19)10-15-14-4-2-3-5-16(14)22(20,21)18(15)11-13-6-8-17-9-7-13/h2-9,15H,10-11H2,1H3/t15-/m0/s1. The minimum Gasteiger partial charge on any atom is -0.300 e. The van der Waals surface area contributed by atoms with Crippen LogP contribution in [0.2, 0.25) is 0 Å². The van der Waals surface area contributed by atoms with E-state index in [0.29, 0.717) is 10.5 Å². The number of fused-ring (bicyclic) bond motifs is 1. The zero-order valence-electron chi connectivity index (χ0n) is 12.1. The fourth-order valence-electron chi connectivity index (χ4n) is 2.79. The smallest absolute Gasteiger partial charge is 0.244 e. The maximum absolute atomic E-state index is 12.8. The number of aromatic nitrogens is 1. The lowest BCUT2D eigenvalue weighted by Crippen LogP contribution is -2.29. The van der Waals surface area contributed by atoms with Gasteiger partial charge in [-0.05, 0) is 36.2 Å². The maximum atomic E-state index is 12.8. The molecule has 1 aliphatic heterocycles. The average molecular weight is 316 g/mol. The third kappa shape index (κ3) is 2.55. The molecule has 0 amide bonds. The second-order valence-electron chi connectivity index (χ2n) is 5.37. The number of hydrogen-bond donors (Lipinski definition) is 0. The summed E-state index contributed by atoms with van der Waals surface area (Å²) >= 11 is 0. The number of nitrogens with zero attached hydrogens (tertiary/aromatic N) is 2. The largest absolute Gasteiger partial charge is 0.300 e. The van der Waals surface area contributed by atoms with Crippen LogP contribution >= 0.6 is 0 Å². The Kier molecular flexibility index (Phi) is 3.80. The summed E-state index contributed by atoms with van der Waals surface area (Å²) in [5, 5.41) is 0. The average Bonchev–Trinajstić information content (AvgIpc) is 2.70. The third-order valence-electron chi connectivity index (χ3n) is 3.78. The minimum atomic E-state index is -3.58. The normalized spacial score (nSPS) is 19.8. The summed E-state index contributed by atoms with van der Waals surface area (Å²) in [6.07, 6.45) is 3.44. The van der Waals surface area contributed by atoms with Crippen molar-refractivity contribution in [3.05, 3.63) is 59.9 Å². The van der Waals surface area contributed by atoms with Crippen LogP contribution in [-0.2, 0) is 21.4 Å². The fourth-order valence-corrected chi connectivity index (χ4v) is 4.63. The first-order valence-electron chi connectivity index (χ1n) is 6.99. The molecule has 1 atom stereocenters. The van der Waals surface area contributed by atoms with Gasteiger partial charge in [0.1, 0.15) is 5.78 Å². The zero-order valence-corrected chi connectivity index (χ0v) is 13.0. The number of rotatable bonds is 4. The molecule has 3 rings (SSSR count). The van der Waals surface area contributed by atoms with Gasteiger partial charge >= 0.3 is 0 Å². The lowest BCUT2D eigenvalue weighted by molar-refractivity contribution is -0.117. The van der Waals surface area contributed by atoms with E-state index in [4.69, 9.17) is 0 Å². The van der Waals surface area contributed by atoms with E-state index in [2.05, 4.69) is 4.98 Å². The molecule has 0 N–H and O–H groups in total. The molecule has 1 aliphatic rings. The van der Waals surface area contributed by atoms with Gasteiger partial charge in [0.05, 0.1) is 10.9 Å². The molecule has 6 heteroatoms. The van der Waals surface area contributed by atoms with Crippen molar-refractivity contribution in [3.8, 4) is 0 Å². The number of Topliss-reactive ketones (excluding diaryl/α,β-unsaturated/α-hetero) is 1. The van der Waals surface area contributed by atoms with Gasteiger partial charge in [-0.1, -0.05) is 18.2 Å². The number of carbonyl (C=O) groups is 1. The SMILES string of the molecule is CC(=O)C[C@H]1c2ccccc2S(=O)(=O)N1Cc1ccncc1. The van der Waals surface area contributed by atoms with Crippen molar-refractivity contribution in [2.75, 3.05) is 0 Å². The van der Waals surface area contributed by atoms with Crippen LogP contribution in [0.5, 0.6) is 0 Å². The Morgan fingerprint density at radius 1 is 1.18 bits per heavy atom. The summed E-state index contributed by atoms with van der Waals surface area (Å²) in [6, 6.07) is 10.0. The lowest BCUT2D eigenvalue weighted by Gasteiger charge is -2.22. The second-order valence-corrected chi connectivity index (χ2v) is 7.22. The van der Waals surface area contributed by atoms with Crippen LogP contribution in [0.4, 0.5) is 0 Å². The monoisotopic (exact) mass is 316 g/mol. The highest BCUT2D eigenvalue weighted by Gasteiger charge is 2.42. The predicted molar refractivity (Wildman–Crippen MR) is 81.4 cm³/mol. The van der Waals surface area contributed by atoms with E-state index in [9.17, 15) is 13.2 Å². The van der Waals surface area contributed by atoms with Crippen LogP contribution in [0.1, 0.15) is 30.5 Å². The molecule has 2 heterocycles. The highest BCUT2D eigenvalue weighted by molar-refractivity contribution is 7.89. The van der Waals surface area contributed by atoms with E-state index in [0.717, 1.165) is 5.56 Å². The molecule has 0 bridgehead atoms. The van der Waals surface area contributed by atoms with Crippen LogP contribution in [-0.4, -0.2) is 23.5 Å². The van der Waals surface area contributed by atoms with E-state index in [1.54, 1.807) is 48.8 Å². The van der Waals surface area contributed by atoms with Crippen molar-refractivity contribution in [2.45, 2.75) is 30.8 Å². The molecule has 0 fully saturated rings. The van der Waals surface area contributed by atoms with Crippen LogP contribution in [0.15, 0.2) is 53.7 Å². The van der Waals surface area contributed by atoms with Gasteiger partial charge in [0.25, 0.3) is 0 Å². The zero-order chi connectivity index (χ0) is 15.7. The van der Waals surface area contributed by atoms with E-state index in [-0.39, 0.29) is 18.7 Å². The number of hydrogen-bond acceptors (Lipinski definition) is 4. The van der Waals surface area contributed by atoms with Crippen LogP contribution in [0.3, 0.4) is 0 Å². The van der Waals surface area contributed by atoms with Crippen molar-refractivity contribution < 1.29 is 13.2 Å². The molecule has 5 nitrogen and oxygen atoms in total. The Morgan fingerprint density at radius 2 is 1.86 bits per heavy atom. The van der Waals surface area contributed by atoms with Crippen LogP contribution in [0.25, 0.3) is 0 Å². The minimum absolute atomic E-state index is 0.0309. The van der Waals surface area contributed by atoms with E-state index >= 15 is 0 Å². The van der Waals surface area contributed by atoms with E-state index in [1.807, 2.05) is 0 Å². The molecule has 0 saturated heterocycles. The lowest BCUT2D eigenvalue weighted by atomic mass is 10.0. The first-order valence-corrected chi connectivity index (χ1v) is 8.43. The number of pyridine rings is 1. The Labute approximate surface area is 129 Å². The van der Waals surface area contributed by atoms with Gasteiger partial charge in [-0.25, -0.2) is 8.42 Å². The molecule has 0 unspecified atom stereocenters. The first kappa shape index (κ1) is 14.9. The summed E-state index contributed by atoms with van der Waals surface area (Å²) in [7, 11) is -3.58. The summed E-state index contributed by atoms with van der Waals surface area (Å²) in [4.78, 5) is 15.8. The highest BCUT2D eigenvalue weighted by Crippen LogP contribution is 2.42. The van der Waals surface area contributed by atoms with Crippen molar-refractivity contribution in [1.82, 2.24) is 9.29 Å². The first-order chi connectivity index (χ1) is 10.5. The maximum Gasteiger partial charge on any atom is 0.244 e. The van der Waals surface area contributed by atoms with Crippen molar-refractivity contribution in [3.63, 3.8) is 0 Å². The van der Waals surface area contributed by atoms with Gasteiger partial charge in [0.15, 0.2) is 0 Å². The molecule has 114 valence electrons. The van der Waals surface area contributed by atoms with Crippen LogP contribution in [0, 0.1) is 0 Å². The predicted octanol–water partition coefficient (Wildman–Crippen LogP) is 2.31. The second kappa shape index (κ2) is 5.62. The summed E-state index contributed by atoms with van der Waals surface area (Å²) in [5.41, 5.74) is 1.55. The Balaban J connectivity index is 2.05. The van der Waals surface area contributed by atoms with Crippen LogP contribution < -0.4 is 0 Å². The summed E-state index contributed by atoms with van der Waals surface area (Å²) in [6.45, 7) is 1.72. The van der Waals surface area contributed by atoms with Gasteiger partial charge in [0.2, 0.25) is 10.0 Å². The van der Waals surface area contributed by atoms with Gasteiger partial charge in [-0.15, -0.1) is 0 Å². The molecule has 0 radical (unpaired) electrons. The molecule has 0 aliphatic carbocycles. The summed E-state index contributed by atoms with van der Waals surface area (Å²) < 4.78 is 27.0. The molecule has 1 aromatic carbocycles. The molecular formula is C16H16N2O3S. The molecular weight excluding hydrogens is 300 g/mol. The third-order valence-corrected chi connectivity index (χ3v) is 5.71. The molecule has 0 spiro atoms. The molecule has 1 aromatic heterocycles. The number of benzene rings is 1. The van der Waals surface area contributed by atoms with E-state index in [1.165, 1.54) is 11.2 Å². The van der Waals surface area contributed by atoms with Gasteiger partial charge < -0.3 is 0 Å². The van der Waals surface area contributed by atoms with E-state index < -0.39 is 16.1 Å².